The van der Waals surface area contributed by atoms with Gasteiger partial charge in [-0.1, -0.05) is 13.8 Å². The van der Waals surface area contributed by atoms with Crippen molar-refractivity contribution in [2.45, 2.75) is 38.8 Å². The first-order valence-corrected chi connectivity index (χ1v) is 9.66. The van der Waals surface area contributed by atoms with Crippen LogP contribution in [0.1, 0.15) is 37.2 Å². The lowest BCUT2D eigenvalue weighted by Crippen LogP contribution is -2.49. The molecule has 26 heavy (non-hydrogen) atoms. The summed E-state index contributed by atoms with van der Waals surface area (Å²) in [5, 5.41) is 0. The summed E-state index contributed by atoms with van der Waals surface area (Å²) in [4.78, 5) is 11.9. The number of nitrogen functional groups attached to an aromatic ring is 1. The van der Waals surface area contributed by atoms with Crippen molar-refractivity contribution in [1.82, 2.24) is 19.4 Å². The van der Waals surface area contributed by atoms with Gasteiger partial charge in [0.25, 0.3) is 0 Å². The lowest BCUT2D eigenvalue weighted by Gasteiger charge is -2.36. The van der Waals surface area contributed by atoms with Crippen molar-refractivity contribution in [2.75, 3.05) is 32.0 Å². The van der Waals surface area contributed by atoms with E-state index in [2.05, 4.69) is 40.6 Å². The lowest BCUT2D eigenvalue weighted by molar-refractivity contribution is -0.0616. The number of aryl methyl sites for hydroxylation is 1. The highest BCUT2D eigenvalue weighted by Gasteiger charge is 2.58. The second kappa shape index (κ2) is 5.79. The normalized spacial score (nSPS) is 28.4. The highest BCUT2D eigenvalue weighted by atomic mass is 16.5. The Morgan fingerprint density at radius 2 is 1.96 bits per heavy atom. The molecule has 0 spiro atoms. The molecule has 4 heterocycles. The van der Waals surface area contributed by atoms with E-state index in [1.165, 1.54) is 18.9 Å². The summed E-state index contributed by atoms with van der Waals surface area (Å²) >= 11 is 0. The molecular formula is C20H27N5O. The fourth-order valence-corrected chi connectivity index (χ4v) is 4.61. The monoisotopic (exact) mass is 353 g/mol. The summed E-state index contributed by atoms with van der Waals surface area (Å²) in [6.45, 7) is 10.7. The van der Waals surface area contributed by atoms with Crippen LogP contribution in [-0.4, -0.2) is 51.8 Å². The van der Waals surface area contributed by atoms with E-state index in [9.17, 15) is 0 Å². The van der Waals surface area contributed by atoms with Crippen LogP contribution in [0.2, 0.25) is 0 Å². The Morgan fingerprint density at radius 3 is 2.54 bits per heavy atom. The van der Waals surface area contributed by atoms with Crippen LogP contribution < -0.4 is 5.73 Å². The number of likely N-dealkylation sites (tertiary alicyclic amines) is 1. The van der Waals surface area contributed by atoms with Gasteiger partial charge in [0.1, 0.15) is 11.6 Å². The molecule has 0 bridgehead atoms. The zero-order valence-electron chi connectivity index (χ0n) is 15.7. The minimum atomic E-state index is 0.407. The minimum Gasteiger partial charge on any atom is -0.383 e. The van der Waals surface area contributed by atoms with Crippen LogP contribution in [0.5, 0.6) is 0 Å². The molecule has 0 radical (unpaired) electrons. The predicted molar refractivity (Wildman–Crippen MR) is 101 cm³/mol. The van der Waals surface area contributed by atoms with Gasteiger partial charge in [0.2, 0.25) is 0 Å². The first-order chi connectivity index (χ1) is 12.5. The second-order valence-electron chi connectivity index (χ2n) is 8.44. The molecule has 3 atom stereocenters. The van der Waals surface area contributed by atoms with Crippen molar-refractivity contribution in [2.24, 2.45) is 11.8 Å². The zero-order chi connectivity index (χ0) is 18.0. The van der Waals surface area contributed by atoms with Crippen LogP contribution in [0, 0.1) is 18.8 Å². The Balaban J connectivity index is 1.41. The lowest BCUT2D eigenvalue weighted by atomic mass is 10.1. The quantitative estimate of drug-likeness (QED) is 0.914. The van der Waals surface area contributed by atoms with Crippen molar-refractivity contribution in [1.29, 1.82) is 0 Å². The topological polar surface area (TPSA) is 69.2 Å². The maximum Gasteiger partial charge on any atom is 0.126 e. The Hall–Kier alpha value is -1.92. The summed E-state index contributed by atoms with van der Waals surface area (Å²) in [7, 11) is 0. The SMILES string of the molecule is Cc1cc(-c2cn(C3[C@H]4CN(C5COC5)C[C@@H]34)c(C(C)C)n2)cnc1N. The first-order valence-electron chi connectivity index (χ1n) is 9.66. The molecule has 1 unspecified atom stereocenters. The molecule has 1 saturated carbocycles. The van der Waals surface area contributed by atoms with E-state index in [0.717, 1.165) is 41.9 Å². The van der Waals surface area contributed by atoms with Crippen LogP contribution >= 0.6 is 0 Å². The highest BCUT2D eigenvalue weighted by Crippen LogP contribution is 2.56. The average molecular weight is 353 g/mol. The molecule has 0 aromatic carbocycles. The molecule has 3 fully saturated rings. The van der Waals surface area contributed by atoms with E-state index < -0.39 is 0 Å². The van der Waals surface area contributed by atoms with E-state index in [1.807, 2.05) is 13.1 Å². The third kappa shape index (κ3) is 2.47. The number of ether oxygens (including phenoxy) is 1. The molecule has 2 aliphatic heterocycles. The number of rotatable bonds is 4. The summed E-state index contributed by atoms with van der Waals surface area (Å²) < 4.78 is 7.81. The molecule has 2 saturated heterocycles. The van der Waals surface area contributed by atoms with Gasteiger partial charge in [0.15, 0.2) is 0 Å². The standard InChI is InChI=1S/C20H27N5O/c1-11(2)20-23-17(13-4-12(3)19(21)22-5-13)8-25(20)18-15-6-24(7-16(15)18)14-9-26-10-14/h4-5,8,11,14-16,18H,6-7,9-10H2,1-3H3,(H2,21,22)/t15-,16+,18?. The maximum atomic E-state index is 5.87. The molecule has 138 valence electrons. The largest absolute Gasteiger partial charge is 0.383 e. The third-order valence-corrected chi connectivity index (χ3v) is 6.33. The maximum absolute atomic E-state index is 5.87. The highest BCUT2D eigenvalue weighted by molar-refractivity contribution is 5.61. The van der Waals surface area contributed by atoms with Crippen LogP contribution in [0.4, 0.5) is 5.82 Å². The second-order valence-corrected chi connectivity index (χ2v) is 8.44. The number of hydrogen-bond donors (Lipinski definition) is 1. The van der Waals surface area contributed by atoms with Crippen LogP contribution in [-0.2, 0) is 4.74 Å². The van der Waals surface area contributed by atoms with Gasteiger partial charge >= 0.3 is 0 Å². The minimum absolute atomic E-state index is 0.407. The van der Waals surface area contributed by atoms with E-state index >= 15 is 0 Å². The smallest absolute Gasteiger partial charge is 0.126 e. The Labute approximate surface area is 154 Å². The van der Waals surface area contributed by atoms with Gasteiger partial charge in [-0.05, 0) is 30.4 Å². The van der Waals surface area contributed by atoms with Gasteiger partial charge in [0, 0.05) is 43.0 Å². The van der Waals surface area contributed by atoms with Crippen molar-refractivity contribution in [3.8, 4) is 11.3 Å². The summed E-state index contributed by atoms with van der Waals surface area (Å²) in [6.07, 6.45) is 4.08. The first kappa shape index (κ1) is 16.3. The molecule has 5 rings (SSSR count). The Kier molecular flexibility index (Phi) is 3.62. The van der Waals surface area contributed by atoms with Crippen LogP contribution in [0.15, 0.2) is 18.5 Å². The Morgan fingerprint density at radius 1 is 1.23 bits per heavy atom. The third-order valence-electron chi connectivity index (χ3n) is 6.33. The van der Waals surface area contributed by atoms with Crippen molar-refractivity contribution in [3.63, 3.8) is 0 Å². The van der Waals surface area contributed by atoms with Gasteiger partial charge in [-0.2, -0.15) is 0 Å². The van der Waals surface area contributed by atoms with E-state index in [4.69, 9.17) is 15.5 Å². The molecule has 6 nitrogen and oxygen atoms in total. The number of nitrogens with two attached hydrogens (primary N) is 1. The molecular weight excluding hydrogens is 326 g/mol. The Bertz CT molecular complexity index is 829. The zero-order valence-corrected chi connectivity index (χ0v) is 15.7. The molecule has 2 aromatic rings. The van der Waals surface area contributed by atoms with Gasteiger partial charge in [-0.3, -0.25) is 4.90 Å². The molecule has 1 aliphatic carbocycles. The number of hydrogen-bond acceptors (Lipinski definition) is 5. The summed E-state index contributed by atoms with van der Waals surface area (Å²) in [6, 6.07) is 3.36. The summed E-state index contributed by atoms with van der Waals surface area (Å²) in [5.74, 6) is 3.72. The van der Waals surface area contributed by atoms with Crippen molar-refractivity contribution >= 4 is 5.82 Å². The van der Waals surface area contributed by atoms with Crippen LogP contribution in [0.25, 0.3) is 11.3 Å². The van der Waals surface area contributed by atoms with Gasteiger partial charge < -0.3 is 15.0 Å². The number of pyridine rings is 1. The molecule has 3 aliphatic rings. The summed E-state index contributed by atoms with van der Waals surface area (Å²) in [5.41, 5.74) is 8.94. The predicted octanol–water partition coefficient (Wildman–Crippen LogP) is 2.46. The fourth-order valence-electron chi connectivity index (χ4n) is 4.61. The van der Waals surface area contributed by atoms with Crippen molar-refractivity contribution < 1.29 is 4.74 Å². The fraction of sp³-hybridized carbons (Fsp3) is 0.600. The molecule has 6 heteroatoms. The number of fused-ring (bicyclic) bond motifs is 1. The number of anilines is 1. The van der Waals surface area contributed by atoms with Gasteiger partial charge in [-0.25, -0.2) is 9.97 Å². The van der Waals surface area contributed by atoms with Crippen LogP contribution in [0.3, 0.4) is 0 Å². The number of nitrogens with zero attached hydrogens (tertiary/aromatic N) is 4. The number of piperidine rings is 1. The molecule has 0 amide bonds. The number of aromatic nitrogens is 3. The number of imidazole rings is 1. The molecule has 2 N–H and O–H groups in total. The van der Waals surface area contributed by atoms with E-state index in [1.54, 1.807) is 0 Å². The average Bonchev–Trinajstić information content (AvgIpc) is 2.94. The van der Waals surface area contributed by atoms with Gasteiger partial charge in [0.05, 0.1) is 24.9 Å². The van der Waals surface area contributed by atoms with Gasteiger partial charge in [-0.15, -0.1) is 0 Å². The van der Waals surface area contributed by atoms with E-state index in [0.29, 0.717) is 23.8 Å². The van der Waals surface area contributed by atoms with E-state index in [-0.39, 0.29) is 0 Å². The molecule has 2 aromatic heterocycles. The van der Waals surface area contributed by atoms with Crippen molar-refractivity contribution in [3.05, 3.63) is 29.8 Å².